The molecule has 1 aromatic heterocycles. The summed E-state index contributed by atoms with van der Waals surface area (Å²) < 4.78 is 23.8. The minimum Gasteiger partial charge on any atom is -0.452 e. The molecule has 0 aliphatic carbocycles. The van der Waals surface area contributed by atoms with Crippen molar-refractivity contribution in [3.63, 3.8) is 0 Å². The van der Waals surface area contributed by atoms with Crippen molar-refractivity contribution in [1.29, 1.82) is 0 Å². The van der Waals surface area contributed by atoms with Crippen LogP contribution in [0.2, 0.25) is 0 Å². The predicted molar refractivity (Wildman–Crippen MR) is 69.5 cm³/mol. The summed E-state index contributed by atoms with van der Waals surface area (Å²) in [7, 11) is 0. The Morgan fingerprint density at radius 2 is 1.90 bits per heavy atom. The SMILES string of the molecule is O=C(OCc1nc2ccccc2o1)c1ccccc1F. The van der Waals surface area contributed by atoms with Gasteiger partial charge in [0.25, 0.3) is 0 Å². The number of hydrogen-bond donors (Lipinski definition) is 0. The summed E-state index contributed by atoms with van der Waals surface area (Å²) in [5.41, 5.74) is 1.19. The van der Waals surface area contributed by atoms with E-state index in [0.717, 1.165) is 0 Å². The summed E-state index contributed by atoms with van der Waals surface area (Å²) in [6, 6.07) is 12.9. The van der Waals surface area contributed by atoms with Crippen LogP contribution in [-0.2, 0) is 11.3 Å². The van der Waals surface area contributed by atoms with Crippen LogP contribution in [0.4, 0.5) is 4.39 Å². The molecule has 2 aromatic carbocycles. The van der Waals surface area contributed by atoms with Crippen molar-refractivity contribution in [3.05, 3.63) is 65.8 Å². The van der Waals surface area contributed by atoms with Crippen LogP contribution in [0, 0.1) is 5.82 Å². The third kappa shape index (κ3) is 2.38. The summed E-state index contributed by atoms with van der Waals surface area (Å²) >= 11 is 0. The summed E-state index contributed by atoms with van der Waals surface area (Å²) in [4.78, 5) is 15.9. The van der Waals surface area contributed by atoms with Crippen molar-refractivity contribution in [2.24, 2.45) is 0 Å². The molecule has 0 radical (unpaired) electrons. The number of para-hydroxylation sites is 2. The van der Waals surface area contributed by atoms with Gasteiger partial charge in [-0.1, -0.05) is 24.3 Å². The number of nitrogens with zero attached hydrogens (tertiary/aromatic N) is 1. The van der Waals surface area contributed by atoms with Gasteiger partial charge in [0.2, 0.25) is 5.89 Å². The highest BCUT2D eigenvalue weighted by Gasteiger charge is 2.14. The van der Waals surface area contributed by atoms with Crippen LogP contribution in [0.5, 0.6) is 0 Å². The minimum atomic E-state index is -0.745. The van der Waals surface area contributed by atoms with Gasteiger partial charge in [-0.2, -0.15) is 0 Å². The van der Waals surface area contributed by atoms with Crippen LogP contribution in [0.3, 0.4) is 0 Å². The van der Waals surface area contributed by atoms with Crippen LogP contribution < -0.4 is 0 Å². The van der Waals surface area contributed by atoms with Crippen LogP contribution in [-0.4, -0.2) is 11.0 Å². The van der Waals surface area contributed by atoms with Crippen LogP contribution in [0.25, 0.3) is 11.1 Å². The van der Waals surface area contributed by atoms with E-state index in [1.165, 1.54) is 18.2 Å². The van der Waals surface area contributed by atoms with Gasteiger partial charge in [-0.05, 0) is 24.3 Å². The predicted octanol–water partition coefficient (Wildman–Crippen LogP) is 3.32. The number of aromatic nitrogens is 1. The van der Waals surface area contributed by atoms with Crippen LogP contribution in [0.15, 0.2) is 52.9 Å². The lowest BCUT2D eigenvalue weighted by atomic mass is 10.2. The number of rotatable bonds is 3. The molecule has 0 N–H and O–H groups in total. The first kappa shape index (κ1) is 12.3. The number of halogens is 1. The maximum absolute atomic E-state index is 13.4. The van der Waals surface area contributed by atoms with E-state index in [1.807, 2.05) is 12.1 Å². The van der Waals surface area contributed by atoms with Crippen molar-refractivity contribution >= 4 is 17.1 Å². The molecule has 0 atom stereocenters. The molecule has 0 spiro atoms. The largest absolute Gasteiger partial charge is 0.452 e. The van der Waals surface area contributed by atoms with E-state index in [-0.39, 0.29) is 18.1 Å². The average molecular weight is 271 g/mol. The normalized spacial score (nSPS) is 10.7. The Morgan fingerprint density at radius 3 is 2.70 bits per heavy atom. The molecule has 0 aliphatic rings. The molecular formula is C15H10FNO3. The molecule has 20 heavy (non-hydrogen) atoms. The quantitative estimate of drug-likeness (QED) is 0.686. The Morgan fingerprint density at radius 1 is 1.15 bits per heavy atom. The molecule has 0 saturated carbocycles. The molecule has 0 saturated heterocycles. The third-order valence-corrected chi connectivity index (χ3v) is 2.76. The van der Waals surface area contributed by atoms with E-state index >= 15 is 0 Å². The Balaban J connectivity index is 1.73. The molecule has 0 unspecified atom stereocenters. The van der Waals surface area contributed by atoms with Gasteiger partial charge in [0, 0.05) is 0 Å². The molecule has 5 heteroatoms. The Kier molecular flexibility index (Phi) is 3.16. The fourth-order valence-electron chi connectivity index (χ4n) is 1.81. The number of oxazole rings is 1. The van der Waals surface area contributed by atoms with Gasteiger partial charge in [0.05, 0.1) is 5.56 Å². The van der Waals surface area contributed by atoms with Crippen molar-refractivity contribution in [2.45, 2.75) is 6.61 Å². The zero-order chi connectivity index (χ0) is 13.9. The molecular weight excluding hydrogens is 261 g/mol. The highest BCUT2D eigenvalue weighted by Crippen LogP contribution is 2.16. The molecule has 4 nitrogen and oxygen atoms in total. The van der Waals surface area contributed by atoms with E-state index in [9.17, 15) is 9.18 Å². The fourth-order valence-corrected chi connectivity index (χ4v) is 1.81. The number of benzene rings is 2. The monoisotopic (exact) mass is 271 g/mol. The molecule has 1 heterocycles. The first-order chi connectivity index (χ1) is 9.74. The molecule has 100 valence electrons. The van der Waals surface area contributed by atoms with Gasteiger partial charge < -0.3 is 9.15 Å². The maximum Gasteiger partial charge on any atom is 0.341 e. The summed E-state index contributed by atoms with van der Waals surface area (Å²) in [6.45, 7) is -0.137. The number of hydrogen-bond acceptors (Lipinski definition) is 4. The number of carbonyl (C=O) groups excluding carboxylic acids is 1. The van der Waals surface area contributed by atoms with Gasteiger partial charge in [0.15, 0.2) is 12.2 Å². The number of carbonyl (C=O) groups is 1. The molecule has 0 fully saturated rings. The van der Waals surface area contributed by atoms with E-state index < -0.39 is 11.8 Å². The van der Waals surface area contributed by atoms with E-state index in [1.54, 1.807) is 18.2 Å². The Bertz CT molecular complexity index is 733. The number of fused-ring (bicyclic) bond motifs is 1. The van der Waals surface area contributed by atoms with Crippen LogP contribution in [0.1, 0.15) is 16.2 Å². The maximum atomic E-state index is 13.4. The minimum absolute atomic E-state index is 0.108. The van der Waals surface area contributed by atoms with Crippen LogP contribution >= 0.6 is 0 Å². The standard InChI is InChI=1S/C15H10FNO3/c16-11-6-2-1-5-10(11)15(18)19-9-14-17-12-7-3-4-8-13(12)20-14/h1-8H,9H2. The summed E-state index contributed by atoms with van der Waals surface area (Å²) in [6.07, 6.45) is 0. The van der Waals surface area contributed by atoms with Crippen molar-refractivity contribution < 1.29 is 18.3 Å². The molecule has 0 amide bonds. The van der Waals surface area contributed by atoms with Crippen molar-refractivity contribution in [3.8, 4) is 0 Å². The smallest absolute Gasteiger partial charge is 0.341 e. The molecule has 0 bridgehead atoms. The third-order valence-electron chi connectivity index (χ3n) is 2.76. The lowest BCUT2D eigenvalue weighted by Gasteiger charge is -2.02. The first-order valence-electron chi connectivity index (χ1n) is 6.00. The zero-order valence-electron chi connectivity index (χ0n) is 10.4. The second-order valence-electron chi connectivity index (χ2n) is 4.13. The summed E-state index contributed by atoms with van der Waals surface area (Å²) in [5.74, 6) is -1.09. The van der Waals surface area contributed by atoms with E-state index in [2.05, 4.69) is 4.98 Å². The van der Waals surface area contributed by atoms with E-state index in [4.69, 9.17) is 9.15 Å². The second kappa shape index (κ2) is 5.13. The van der Waals surface area contributed by atoms with Crippen molar-refractivity contribution in [2.75, 3.05) is 0 Å². The summed E-state index contributed by atoms with van der Waals surface area (Å²) in [5, 5.41) is 0. The zero-order valence-corrected chi connectivity index (χ0v) is 10.4. The lowest BCUT2D eigenvalue weighted by Crippen LogP contribution is -2.07. The fraction of sp³-hybridized carbons (Fsp3) is 0.0667. The first-order valence-corrected chi connectivity index (χ1v) is 6.00. The Hall–Kier alpha value is -2.69. The molecule has 3 rings (SSSR count). The highest BCUT2D eigenvalue weighted by molar-refractivity contribution is 5.89. The molecule has 3 aromatic rings. The van der Waals surface area contributed by atoms with Crippen molar-refractivity contribution in [1.82, 2.24) is 4.98 Å². The van der Waals surface area contributed by atoms with E-state index in [0.29, 0.717) is 11.1 Å². The van der Waals surface area contributed by atoms with Gasteiger partial charge >= 0.3 is 5.97 Å². The van der Waals surface area contributed by atoms with Gasteiger partial charge in [-0.3, -0.25) is 0 Å². The highest BCUT2D eigenvalue weighted by atomic mass is 19.1. The molecule has 0 aliphatic heterocycles. The topological polar surface area (TPSA) is 52.3 Å². The van der Waals surface area contributed by atoms with Gasteiger partial charge in [-0.25, -0.2) is 14.2 Å². The average Bonchev–Trinajstić information content (AvgIpc) is 2.88. The number of esters is 1. The lowest BCUT2D eigenvalue weighted by molar-refractivity contribution is 0.0435. The second-order valence-corrected chi connectivity index (χ2v) is 4.13. The Labute approximate surface area is 113 Å². The van der Waals surface area contributed by atoms with Gasteiger partial charge in [0.1, 0.15) is 11.3 Å². The number of ether oxygens (including phenoxy) is 1. The van der Waals surface area contributed by atoms with Gasteiger partial charge in [-0.15, -0.1) is 0 Å².